The first kappa shape index (κ1) is 16.7. The van der Waals surface area contributed by atoms with Crippen LogP contribution >= 0.6 is 0 Å². The first-order valence-electron chi connectivity index (χ1n) is 8.51. The van der Waals surface area contributed by atoms with Crippen molar-refractivity contribution in [2.45, 2.75) is 19.4 Å². The van der Waals surface area contributed by atoms with E-state index in [-0.39, 0.29) is 11.9 Å². The molecule has 0 aliphatic carbocycles. The summed E-state index contributed by atoms with van der Waals surface area (Å²) in [6, 6.07) is 8.33. The van der Waals surface area contributed by atoms with Crippen molar-refractivity contribution in [2.75, 3.05) is 24.6 Å². The third kappa shape index (κ3) is 3.72. The lowest BCUT2D eigenvalue weighted by Gasteiger charge is -2.32. The molecule has 4 rings (SSSR count). The highest BCUT2D eigenvalue weighted by Gasteiger charge is 2.26. The Balaban J connectivity index is 1.45. The minimum absolute atomic E-state index is 0.248. The Hall–Kier alpha value is -2.80. The predicted octanol–water partition coefficient (Wildman–Crippen LogP) is 3.08. The highest BCUT2D eigenvalue weighted by atomic mass is 19.1. The standard InChI is InChI=1S/C19H19FN4O2/c1-13-8-18(23-12-22-13)24-6-7-25-17(11-24)19-21-10-16(26-19)9-14-2-4-15(20)5-3-14/h2-5,8,10,12,17H,6-7,9,11H2,1H3. The number of halogens is 1. The monoisotopic (exact) mass is 354 g/mol. The molecule has 1 aliphatic rings. The van der Waals surface area contributed by atoms with Crippen molar-refractivity contribution in [1.29, 1.82) is 0 Å². The highest BCUT2D eigenvalue weighted by molar-refractivity contribution is 5.39. The van der Waals surface area contributed by atoms with Crippen molar-refractivity contribution < 1.29 is 13.5 Å². The van der Waals surface area contributed by atoms with E-state index in [1.807, 2.05) is 13.0 Å². The molecule has 3 heterocycles. The van der Waals surface area contributed by atoms with Crippen LogP contribution in [0.4, 0.5) is 10.2 Å². The first-order chi connectivity index (χ1) is 12.7. The second kappa shape index (κ2) is 7.21. The Bertz CT molecular complexity index is 881. The fourth-order valence-corrected chi connectivity index (χ4v) is 2.98. The zero-order valence-electron chi connectivity index (χ0n) is 14.4. The number of aromatic nitrogens is 3. The highest BCUT2D eigenvalue weighted by Crippen LogP contribution is 2.25. The van der Waals surface area contributed by atoms with Gasteiger partial charge >= 0.3 is 0 Å². The van der Waals surface area contributed by atoms with Gasteiger partial charge in [-0.3, -0.25) is 0 Å². The van der Waals surface area contributed by atoms with Gasteiger partial charge in [0.1, 0.15) is 23.7 Å². The van der Waals surface area contributed by atoms with Crippen molar-refractivity contribution in [3.8, 4) is 0 Å². The van der Waals surface area contributed by atoms with E-state index < -0.39 is 0 Å². The van der Waals surface area contributed by atoms with Gasteiger partial charge in [-0.25, -0.2) is 19.3 Å². The number of ether oxygens (including phenoxy) is 1. The van der Waals surface area contributed by atoms with E-state index >= 15 is 0 Å². The van der Waals surface area contributed by atoms with Gasteiger partial charge < -0.3 is 14.1 Å². The van der Waals surface area contributed by atoms with Gasteiger partial charge in [-0.2, -0.15) is 0 Å². The molecule has 1 atom stereocenters. The maximum atomic E-state index is 13.0. The average molecular weight is 354 g/mol. The van der Waals surface area contributed by atoms with Crippen molar-refractivity contribution in [3.05, 3.63) is 71.6 Å². The summed E-state index contributed by atoms with van der Waals surface area (Å²) in [5.74, 6) is 1.91. The molecule has 7 heteroatoms. The number of nitrogens with zero attached hydrogens (tertiary/aromatic N) is 4. The molecule has 1 unspecified atom stereocenters. The molecule has 2 aromatic heterocycles. The van der Waals surface area contributed by atoms with Crippen molar-refractivity contribution >= 4 is 5.82 Å². The molecule has 0 N–H and O–H groups in total. The molecular formula is C19H19FN4O2. The molecule has 0 saturated carbocycles. The summed E-state index contributed by atoms with van der Waals surface area (Å²) in [6.45, 7) is 3.89. The Morgan fingerprint density at radius 2 is 2.04 bits per heavy atom. The number of oxazole rings is 1. The van der Waals surface area contributed by atoms with E-state index in [0.29, 0.717) is 25.5 Å². The van der Waals surface area contributed by atoms with Crippen LogP contribution in [0.2, 0.25) is 0 Å². The Morgan fingerprint density at radius 3 is 2.85 bits per heavy atom. The van der Waals surface area contributed by atoms with Crippen LogP contribution in [0.15, 0.2) is 47.3 Å². The van der Waals surface area contributed by atoms with Gasteiger partial charge in [0.25, 0.3) is 0 Å². The molecule has 6 nitrogen and oxygen atoms in total. The summed E-state index contributed by atoms with van der Waals surface area (Å²) < 4.78 is 24.7. The molecule has 0 radical (unpaired) electrons. The minimum atomic E-state index is -0.249. The van der Waals surface area contributed by atoms with Crippen LogP contribution in [0.25, 0.3) is 0 Å². The molecule has 1 aromatic carbocycles. The third-order valence-corrected chi connectivity index (χ3v) is 4.32. The van der Waals surface area contributed by atoms with Crippen molar-refractivity contribution in [2.24, 2.45) is 0 Å². The van der Waals surface area contributed by atoms with Crippen LogP contribution in [0, 0.1) is 12.7 Å². The van der Waals surface area contributed by atoms with E-state index in [4.69, 9.17) is 9.15 Å². The SMILES string of the molecule is Cc1cc(N2CCOC(c3ncc(Cc4ccc(F)cc4)o3)C2)ncn1. The maximum Gasteiger partial charge on any atom is 0.225 e. The number of anilines is 1. The fraction of sp³-hybridized carbons (Fsp3) is 0.316. The van der Waals surface area contributed by atoms with Crippen LogP contribution in [0.1, 0.15) is 29.0 Å². The van der Waals surface area contributed by atoms with Gasteiger partial charge in [0.15, 0.2) is 6.10 Å². The van der Waals surface area contributed by atoms with Gasteiger partial charge in [0, 0.05) is 24.7 Å². The minimum Gasteiger partial charge on any atom is -0.442 e. The zero-order valence-corrected chi connectivity index (χ0v) is 14.4. The van der Waals surface area contributed by atoms with Gasteiger partial charge in [0.2, 0.25) is 5.89 Å². The summed E-state index contributed by atoms with van der Waals surface area (Å²) in [5, 5.41) is 0. The topological polar surface area (TPSA) is 64.3 Å². The van der Waals surface area contributed by atoms with Gasteiger partial charge in [0.05, 0.1) is 19.3 Å². The smallest absolute Gasteiger partial charge is 0.225 e. The summed E-state index contributed by atoms with van der Waals surface area (Å²) in [7, 11) is 0. The lowest BCUT2D eigenvalue weighted by atomic mass is 10.1. The molecule has 0 spiro atoms. The fourth-order valence-electron chi connectivity index (χ4n) is 2.98. The van der Waals surface area contributed by atoms with Crippen LogP contribution in [-0.4, -0.2) is 34.6 Å². The van der Waals surface area contributed by atoms with Gasteiger partial charge in [-0.15, -0.1) is 0 Å². The van der Waals surface area contributed by atoms with E-state index in [1.165, 1.54) is 12.1 Å². The van der Waals surface area contributed by atoms with Crippen LogP contribution in [-0.2, 0) is 11.2 Å². The predicted molar refractivity (Wildman–Crippen MR) is 93.4 cm³/mol. The van der Waals surface area contributed by atoms with E-state index in [1.54, 1.807) is 24.7 Å². The number of benzene rings is 1. The normalized spacial score (nSPS) is 17.5. The molecule has 1 fully saturated rings. The quantitative estimate of drug-likeness (QED) is 0.717. The van der Waals surface area contributed by atoms with Crippen molar-refractivity contribution in [3.63, 3.8) is 0 Å². The summed E-state index contributed by atoms with van der Waals surface area (Å²) in [5.41, 5.74) is 1.90. The Labute approximate surface area is 150 Å². The number of aryl methyl sites for hydroxylation is 1. The van der Waals surface area contributed by atoms with E-state index in [2.05, 4.69) is 19.9 Å². The zero-order chi connectivity index (χ0) is 17.9. The summed E-state index contributed by atoms with van der Waals surface area (Å²) in [6.07, 6.45) is 3.59. The Morgan fingerprint density at radius 1 is 1.19 bits per heavy atom. The number of morpholine rings is 1. The molecular weight excluding hydrogens is 335 g/mol. The van der Waals surface area contributed by atoms with Crippen molar-refractivity contribution in [1.82, 2.24) is 15.0 Å². The van der Waals surface area contributed by atoms with Gasteiger partial charge in [-0.1, -0.05) is 12.1 Å². The van der Waals surface area contributed by atoms with E-state index in [0.717, 1.165) is 29.4 Å². The van der Waals surface area contributed by atoms with E-state index in [9.17, 15) is 4.39 Å². The second-order valence-electron chi connectivity index (χ2n) is 6.29. The molecule has 134 valence electrons. The lowest BCUT2D eigenvalue weighted by Crippen LogP contribution is -2.39. The first-order valence-corrected chi connectivity index (χ1v) is 8.51. The summed E-state index contributed by atoms with van der Waals surface area (Å²) in [4.78, 5) is 15.0. The number of hydrogen-bond donors (Lipinski definition) is 0. The molecule has 0 amide bonds. The lowest BCUT2D eigenvalue weighted by molar-refractivity contribution is 0.0214. The van der Waals surface area contributed by atoms with Gasteiger partial charge in [-0.05, 0) is 24.6 Å². The molecule has 3 aromatic rings. The number of hydrogen-bond acceptors (Lipinski definition) is 6. The number of rotatable bonds is 4. The average Bonchev–Trinajstić information content (AvgIpc) is 3.12. The molecule has 1 saturated heterocycles. The molecule has 26 heavy (non-hydrogen) atoms. The van der Waals surface area contributed by atoms with Crippen LogP contribution < -0.4 is 4.90 Å². The maximum absolute atomic E-state index is 13.0. The second-order valence-corrected chi connectivity index (χ2v) is 6.29. The Kier molecular flexibility index (Phi) is 4.62. The summed E-state index contributed by atoms with van der Waals surface area (Å²) >= 11 is 0. The van der Waals surface area contributed by atoms with Crippen LogP contribution in [0.3, 0.4) is 0 Å². The largest absolute Gasteiger partial charge is 0.442 e. The molecule has 0 bridgehead atoms. The molecule has 1 aliphatic heterocycles. The third-order valence-electron chi connectivity index (χ3n) is 4.32. The van der Waals surface area contributed by atoms with Crippen LogP contribution in [0.5, 0.6) is 0 Å².